The van der Waals surface area contributed by atoms with Crippen molar-refractivity contribution in [3.63, 3.8) is 0 Å². The summed E-state index contributed by atoms with van der Waals surface area (Å²) < 4.78 is 0. The quantitative estimate of drug-likeness (QED) is 0.805. The van der Waals surface area contributed by atoms with E-state index >= 15 is 0 Å². The van der Waals surface area contributed by atoms with Crippen LogP contribution < -0.4 is 10.6 Å². The molecular formula is C15H29N3O. The average Bonchev–Trinajstić information content (AvgIpc) is 2.89. The Morgan fingerprint density at radius 1 is 1.42 bits per heavy atom. The molecule has 1 aliphatic carbocycles. The molecule has 4 nitrogen and oxygen atoms in total. The highest BCUT2D eigenvalue weighted by Gasteiger charge is 2.37. The lowest BCUT2D eigenvalue weighted by Crippen LogP contribution is -2.55. The number of carbonyl (C=O) groups is 1. The lowest BCUT2D eigenvalue weighted by Gasteiger charge is -2.45. The number of amides is 1. The molecule has 1 heterocycles. The summed E-state index contributed by atoms with van der Waals surface area (Å²) >= 11 is 0. The minimum absolute atomic E-state index is 0.166. The predicted molar refractivity (Wildman–Crippen MR) is 78.0 cm³/mol. The third-order valence-corrected chi connectivity index (χ3v) is 5.04. The summed E-state index contributed by atoms with van der Waals surface area (Å²) in [6.45, 7) is 4.96. The van der Waals surface area contributed by atoms with E-state index in [1.807, 2.05) is 0 Å². The smallest absolute Gasteiger partial charge is 0.224 e. The van der Waals surface area contributed by atoms with Gasteiger partial charge < -0.3 is 15.5 Å². The van der Waals surface area contributed by atoms with Gasteiger partial charge in [0.2, 0.25) is 5.91 Å². The molecule has 1 saturated carbocycles. The number of nitrogens with zero attached hydrogens (tertiary/aromatic N) is 1. The second-order valence-corrected chi connectivity index (χ2v) is 6.73. The highest BCUT2D eigenvalue weighted by atomic mass is 16.1. The summed E-state index contributed by atoms with van der Waals surface area (Å²) in [7, 11) is 4.31. The summed E-state index contributed by atoms with van der Waals surface area (Å²) in [6.07, 6.45) is 5.99. The first-order valence-electron chi connectivity index (χ1n) is 7.69. The van der Waals surface area contributed by atoms with E-state index in [1.54, 1.807) is 0 Å². The van der Waals surface area contributed by atoms with Crippen molar-refractivity contribution < 1.29 is 4.79 Å². The molecule has 2 N–H and O–H groups in total. The van der Waals surface area contributed by atoms with E-state index in [2.05, 4.69) is 36.6 Å². The molecule has 0 aromatic carbocycles. The van der Waals surface area contributed by atoms with Crippen molar-refractivity contribution in [2.24, 2.45) is 11.8 Å². The van der Waals surface area contributed by atoms with Crippen LogP contribution in [-0.2, 0) is 4.79 Å². The topological polar surface area (TPSA) is 44.4 Å². The third-order valence-electron chi connectivity index (χ3n) is 5.04. The fraction of sp³-hybridized carbons (Fsp3) is 0.933. The van der Waals surface area contributed by atoms with E-state index in [9.17, 15) is 4.79 Å². The summed E-state index contributed by atoms with van der Waals surface area (Å²) in [5.74, 6) is 1.19. The summed E-state index contributed by atoms with van der Waals surface area (Å²) in [6, 6.07) is 0. The molecule has 1 amide bonds. The van der Waals surface area contributed by atoms with Gasteiger partial charge in [0.1, 0.15) is 0 Å². The van der Waals surface area contributed by atoms with Crippen LogP contribution in [0.3, 0.4) is 0 Å². The van der Waals surface area contributed by atoms with Gasteiger partial charge in [0.25, 0.3) is 0 Å². The van der Waals surface area contributed by atoms with Gasteiger partial charge in [-0.25, -0.2) is 0 Å². The van der Waals surface area contributed by atoms with Gasteiger partial charge in [0.15, 0.2) is 0 Å². The second kappa shape index (κ2) is 6.23. The number of hydrogen-bond acceptors (Lipinski definition) is 3. The van der Waals surface area contributed by atoms with E-state index in [4.69, 9.17) is 0 Å². The van der Waals surface area contributed by atoms with Gasteiger partial charge in [-0.1, -0.05) is 19.8 Å². The SMILES string of the molecule is CC1CCCC(CNC(=O)C2CCNC2)(N(C)C)C1. The first-order valence-corrected chi connectivity index (χ1v) is 7.69. The Morgan fingerprint density at radius 3 is 2.79 bits per heavy atom. The summed E-state index contributed by atoms with van der Waals surface area (Å²) in [5, 5.41) is 6.48. The summed E-state index contributed by atoms with van der Waals surface area (Å²) in [4.78, 5) is 14.5. The molecule has 19 heavy (non-hydrogen) atoms. The number of likely N-dealkylation sites (N-methyl/N-ethyl adjacent to an activating group) is 1. The normalized spacial score (nSPS) is 35.6. The predicted octanol–water partition coefficient (Wildman–Crippen LogP) is 1.22. The molecule has 1 saturated heterocycles. The largest absolute Gasteiger partial charge is 0.354 e. The van der Waals surface area contributed by atoms with Crippen LogP contribution in [0.25, 0.3) is 0 Å². The van der Waals surface area contributed by atoms with E-state index in [-0.39, 0.29) is 17.4 Å². The Bertz CT molecular complexity index is 313. The van der Waals surface area contributed by atoms with Gasteiger partial charge in [-0.05, 0) is 45.8 Å². The van der Waals surface area contributed by atoms with Gasteiger partial charge in [-0.15, -0.1) is 0 Å². The van der Waals surface area contributed by atoms with Gasteiger partial charge >= 0.3 is 0 Å². The molecule has 0 aromatic rings. The van der Waals surface area contributed by atoms with Gasteiger partial charge in [0, 0.05) is 18.6 Å². The minimum atomic E-state index is 0.166. The fourth-order valence-electron chi connectivity index (χ4n) is 3.63. The highest BCUT2D eigenvalue weighted by molar-refractivity contribution is 5.79. The maximum atomic E-state index is 12.2. The van der Waals surface area contributed by atoms with E-state index in [0.717, 1.165) is 32.0 Å². The van der Waals surface area contributed by atoms with Gasteiger partial charge in [-0.2, -0.15) is 0 Å². The molecule has 2 aliphatic rings. The zero-order valence-electron chi connectivity index (χ0n) is 12.7. The van der Waals surface area contributed by atoms with Crippen LogP contribution >= 0.6 is 0 Å². The Hall–Kier alpha value is -0.610. The van der Waals surface area contributed by atoms with Crippen molar-refractivity contribution in [2.45, 2.75) is 44.6 Å². The highest BCUT2D eigenvalue weighted by Crippen LogP contribution is 2.35. The maximum Gasteiger partial charge on any atom is 0.224 e. The molecule has 0 spiro atoms. The van der Waals surface area contributed by atoms with Crippen LogP contribution in [0.5, 0.6) is 0 Å². The molecule has 2 rings (SSSR count). The lowest BCUT2D eigenvalue weighted by molar-refractivity contribution is -0.125. The van der Waals surface area contributed by atoms with Crippen LogP contribution in [0.15, 0.2) is 0 Å². The number of carbonyl (C=O) groups excluding carboxylic acids is 1. The third kappa shape index (κ3) is 3.48. The van der Waals surface area contributed by atoms with Crippen molar-refractivity contribution in [2.75, 3.05) is 33.7 Å². The molecule has 0 radical (unpaired) electrons. The first-order chi connectivity index (χ1) is 9.03. The van der Waals surface area contributed by atoms with Crippen LogP contribution in [0, 0.1) is 11.8 Å². The van der Waals surface area contributed by atoms with Crippen LogP contribution in [0.2, 0.25) is 0 Å². The number of hydrogen-bond donors (Lipinski definition) is 2. The first kappa shape index (κ1) is 14.8. The van der Waals surface area contributed by atoms with Crippen LogP contribution in [-0.4, -0.2) is 50.1 Å². The Kier molecular flexibility index (Phi) is 4.85. The minimum Gasteiger partial charge on any atom is -0.354 e. The Balaban J connectivity index is 1.91. The maximum absolute atomic E-state index is 12.2. The monoisotopic (exact) mass is 267 g/mol. The van der Waals surface area contributed by atoms with Gasteiger partial charge in [-0.3, -0.25) is 4.79 Å². The molecule has 3 atom stereocenters. The molecule has 0 aromatic heterocycles. The molecule has 2 fully saturated rings. The fourth-order valence-corrected chi connectivity index (χ4v) is 3.63. The van der Waals surface area contributed by atoms with Crippen molar-refractivity contribution in [3.05, 3.63) is 0 Å². The Morgan fingerprint density at radius 2 is 2.21 bits per heavy atom. The molecule has 1 aliphatic heterocycles. The molecule has 0 bridgehead atoms. The lowest BCUT2D eigenvalue weighted by atomic mass is 9.75. The van der Waals surface area contributed by atoms with E-state index < -0.39 is 0 Å². The standard InChI is InChI=1S/C15H29N3O/c1-12-5-4-7-15(9-12,18(2)3)11-17-14(19)13-6-8-16-10-13/h12-13,16H,4-11H2,1-3H3,(H,17,19). The molecule has 4 heteroatoms. The number of rotatable bonds is 4. The Labute approximate surface area is 117 Å². The molecule has 3 unspecified atom stereocenters. The zero-order valence-corrected chi connectivity index (χ0v) is 12.7. The van der Waals surface area contributed by atoms with Crippen molar-refractivity contribution in [1.29, 1.82) is 0 Å². The molecular weight excluding hydrogens is 238 g/mol. The van der Waals surface area contributed by atoms with E-state index in [0.29, 0.717) is 0 Å². The van der Waals surface area contributed by atoms with E-state index in [1.165, 1.54) is 25.7 Å². The molecule has 110 valence electrons. The zero-order chi connectivity index (χ0) is 13.9. The van der Waals surface area contributed by atoms with Crippen LogP contribution in [0.1, 0.15) is 39.0 Å². The second-order valence-electron chi connectivity index (χ2n) is 6.73. The average molecular weight is 267 g/mol. The number of nitrogens with one attached hydrogen (secondary N) is 2. The van der Waals surface area contributed by atoms with Crippen molar-refractivity contribution in [1.82, 2.24) is 15.5 Å². The summed E-state index contributed by atoms with van der Waals surface area (Å²) in [5.41, 5.74) is 0.166. The van der Waals surface area contributed by atoms with Gasteiger partial charge in [0.05, 0.1) is 5.92 Å². The van der Waals surface area contributed by atoms with Crippen molar-refractivity contribution in [3.8, 4) is 0 Å². The van der Waals surface area contributed by atoms with Crippen molar-refractivity contribution >= 4 is 5.91 Å². The van der Waals surface area contributed by atoms with Crippen LogP contribution in [0.4, 0.5) is 0 Å².